The molecule has 7 heteroatoms. The van der Waals surface area contributed by atoms with Gasteiger partial charge in [0.25, 0.3) is 5.91 Å². The van der Waals surface area contributed by atoms with Crippen LogP contribution in [0.1, 0.15) is 21.5 Å². The van der Waals surface area contributed by atoms with Gasteiger partial charge in [0.15, 0.2) is 0 Å². The van der Waals surface area contributed by atoms with Gasteiger partial charge in [-0.05, 0) is 35.4 Å². The summed E-state index contributed by atoms with van der Waals surface area (Å²) in [7, 11) is 1.67. The van der Waals surface area contributed by atoms with Gasteiger partial charge in [-0.3, -0.25) is 9.48 Å². The molecule has 4 aromatic rings. The van der Waals surface area contributed by atoms with Crippen LogP contribution in [0.5, 0.6) is 11.6 Å². The van der Waals surface area contributed by atoms with Gasteiger partial charge in [0.2, 0.25) is 5.88 Å². The molecule has 7 nitrogen and oxygen atoms in total. The number of carbonyl (C=O) groups is 1. The van der Waals surface area contributed by atoms with Gasteiger partial charge in [-0.1, -0.05) is 60.7 Å². The van der Waals surface area contributed by atoms with Crippen molar-refractivity contribution in [3.63, 3.8) is 0 Å². The van der Waals surface area contributed by atoms with Gasteiger partial charge in [-0.15, -0.1) is 5.10 Å². The first kappa shape index (κ1) is 23.5. The number of hydrogen-bond acceptors (Lipinski definition) is 5. The molecule has 0 spiro atoms. The van der Waals surface area contributed by atoms with Crippen molar-refractivity contribution in [2.75, 3.05) is 38.2 Å². The molecule has 0 N–H and O–H groups in total. The molecule has 184 valence electrons. The van der Waals surface area contributed by atoms with Gasteiger partial charge in [0.05, 0.1) is 13.7 Å². The van der Waals surface area contributed by atoms with E-state index in [9.17, 15) is 4.79 Å². The lowest BCUT2D eigenvalue weighted by Gasteiger charge is -2.36. The third-order valence-corrected chi connectivity index (χ3v) is 6.37. The summed E-state index contributed by atoms with van der Waals surface area (Å²) in [5.41, 5.74) is 3.77. The van der Waals surface area contributed by atoms with E-state index in [1.165, 1.54) is 0 Å². The molecule has 1 saturated heterocycles. The zero-order valence-electron chi connectivity index (χ0n) is 20.4. The van der Waals surface area contributed by atoms with E-state index in [0.717, 1.165) is 35.7 Å². The van der Waals surface area contributed by atoms with Crippen LogP contribution in [0.4, 0.5) is 5.69 Å². The Bertz CT molecular complexity index is 1270. The maximum Gasteiger partial charge on any atom is 0.261 e. The molecule has 1 aliphatic heterocycles. The Balaban J connectivity index is 1.30. The van der Waals surface area contributed by atoms with E-state index in [4.69, 9.17) is 9.47 Å². The van der Waals surface area contributed by atoms with E-state index in [0.29, 0.717) is 37.7 Å². The van der Waals surface area contributed by atoms with Crippen LogP contribution in [-0.2, 0) is 13.2 Å². The fraction of sp³-hybridized carbons (Fsp3) is 0.241. The van der Waals surface area contributed by atoms with Crippen LogP contribution < -0.4 is 14.4 Å². The van der Waals surface area contributed by atoms with Gasteiger partial charge in [-0.25, -0.2) is 0 Å². The highest BCUT2D eigenvalue weighted by atomic mass is 16.5. The molecule has 1 fully saturated rings. The Hall–Kier alpha value is -4.26. The molecule has 0 saturated carbocycles. The number of benzene rings is 3. The van der Waals surface area contributed by atoms with Gasteiger partial charge >= 0.3 is 0 Å². The number of piperazine rings is 1. The van der Waals surface area contributed by atoms with Crippen LogP contribution in [-0.4, -0.2) is 53.9 Å². The third kappa shape index (κ3) is 5.51. The zero-order chi connectivity index (χ0) is 24.7. The van der Waals surface area contributed by atoms with Crippen molar-refractivity contribution in [1.82, 2.24) is 14.7 Å². The Morgan fingerprint density at radius 2 is 1.47 bits per heavy atom. The second-order valence-electron chi connectivity index (χ2n) is 8.78. The maximum absolute atomic E-state index is 13.6. The molecule has 5 rings (SSSR count). The predicted octanol–water partition coefficient (Wildman–Crippen LogP) is 4.48. The number of aromatic nitrogens is 2. The first-order chi connectivity index (χ1) is 17.7. The van der Waals surface area contributed by atoms with E-state index in [-0.39, 0.29) is 5.91 Å². The topological polar surface area (TPSA) is 59.8 Å². The van der Waals surface area contributed by atoms with E-state index in [1.54, 1.807) is 11.8 Å². The van der Waals surface area contributed by atoms with Crippen LogP contribution >= 0.6 is 0 Å². The van der Waals surface area contributed by atoms with Crippen molar-refractivity contribution in [2.45, 2.75) is 13.2 Å². The van der Waals surface area contributed by atoms with E-state index < -0.39 is 0 Å². The highest BCUT2D eigenvalue weighted by molar-refractivity contribution is 5.96. The minimum atomic E-state index is -0.0493. The third-order valence-electron chi connectivity index (χ3n) is 6.37. The lowest BCUT2D eigenvalue weighted by Crippen LogP contribution is -2.48. The zero-order valence-corrected chi connectivity index (χ0v) is 20.4. The first-order valence-electron chi connectivity index (χ1n) is 12.2. The highest BCUT2D eigenvalue weighted by Gasteiger charge is 2.27. The second kappa shape index (κ2) is 11.0. The van der Waals surface area contributed by atoms with Gasteiger partial charge in [0.1, 0.15) is 17.9 Å². The number of anilines is 1. The van der Waals surface area contributed by atoms with Crippen molar-refractivity contribution in [2.24, 2.45) is 0 Å². The molecule has 0 radical (unpaired) electrons. The Morgan fingerprint density at radius 3 is 2.11 bits per heavy atom. The van der Waals surface area contributed by atoms with Crippen molar-refractivity contribution >= 4 is 11.6 Å². The van der Waals surface area contributed by atoms with Crippen LogP contribution in [0, 0.1) is 0 Å². The minimum absolute atomic E-state index is 0.0493. The molecular formula is C29H30N4O3. The highest BCUT2D eigenvalue weighted by Crippen LogP contribution is 2.24. The van der Waals surface area contributed by atoms with Crippen LogP contribution in [0.15, 0.2) is 91.1 Å². The number of ether oxygens (including phenoxy) is 2. The normalized spacial score (nSPS) is 13.5. The molecular weight excluding hydrogens is 452 g/mol. The van der Waals surface area contributed by atoms with Gasteiger partial charge < -0.3 is 19.3 Å². The van der Waals surface area contributed by atoms with Crippen LogP contribution in [0.25, 0.3) is 0 Å². The number of hydrogen-bond donors (Lipinski definition) is 0. The number of methoxy groups -OCH3 is 1. The van der Waals surface area contributed by atoms with Gasteiger partial charge in [-0.2, -0.15) is 0 Å². The molecule has 1 aliphatic rings. The summed E-state index contributed by atoms with van der Waals surface area (Å²) in [6.45, 7) is 3.71. The van der Waals surface area contributed by atoms with E-state index in [1.807, 2.05) is 83.9 Å². The Morgan fingerprint density at radius 1 is 0.833 bits per heavy atom. The Labute approximate surface area is 211 Å². The molecule has 0 bridgehead atoms. The SMILES string of the molecule is COc1ccc(N2CCN(C(=O)c3cn(Cc4ccccc4)nc3OCc3ccccc3)CC2)cc1. The van der Waals surface area contributed by atoms with Crippen molar-refractivity contribution in [3.8, 4) is 11.6 Å². The summed E-state index contributed by atoms with van der Waals surface area (Å²) < 4.78 is 13.1. The molecule has 36 heavy (non-hydrogen) atoms. The average molecular weight is 483 g/mol. The summed E-state index contributed by atoms with van der Waals surface area (Å²) in [4.78, 5) is 17.8. The largest absolute Gasteiger partial charge is 0.497 e. The average Bonchev–Trinajstić information content (AvgIpc) is 3.35. The molecule has 1 amide bonds. The van der Waals surface area contributed by atoms with Crippen molar-refractivity contribution < 1.29 is 14.3 Å². The minimum Gasteiger partial charge on any atom is -0.497 e. The lowest BCUT2D eigenvalue weighted by atomic mass is 10.2. The predicted molar refractivity (Wildman–Crippen MR) is 140 cm³/mol. The van der Waals surface area contributed by atoms with Crippen molar-refractivity contribution in [3.05, 3.63) is 108 Å². The monoisotopic (exact) mass is 482 g/mol. The standard InChI is InChI=1S/C29H30N4O3/c1-35-26-14-12-25(13-15-26)31-16-18-32(19-17-31)29(34)27-21-33(20-23-8-4-2-5-9-23)30-28(27)36-22-24-10-6-3-7-11-24/h2-15,21H,16-20,22H2,1H3. The maximum atomic E-state index is 13.6. The van der Waals surface area contributed by atoms with Crippen molar-refractivity contribution in [1.29, 1.82) is 0 Å². The molecule has 3 aromatic carbocycles. The molecule has 0 aliphatic carbocycles. The fourth-order valence-electron chi connectivity index (χ4n) is 4.37. The second-order valence-corrected chi connectivity index (χ2v) is 8.78. The summed E-state index contributed by atoms with van der Waals surface area (Å²) in [5.74, 6) is 1.16. The van der Waals surface area contributed by atoms with Crippen LogP contribution in [0.3, 0.4) is 0 Å². The summed E-state index contributed by atoms with van der Waals surface area (Å²) in [6.07, 6.45) is 1.81. The molecule has 0 unspecified atom stereocenters. The van der Waals surface area contributed by atoms with Crippen LogP contribution in [0.2, 0.25) is 0 Å². The first-order valence-corrected chi connectivity index (χ1v) is 12.2. The fourth-order valence-corrected chi connectivity index (χ4v) is 4.37. The molecule has 1 aromatic heterocycles. The number of carbonyl (C=O) groups excluding carboxylic acids is 1. The van der Waals surface area contributed by atoms with E-state index in [2.05, 4.69) is 22.1 Å². The summed E-state index contributed by atoms with van der Waals surface area (Å²) in [6, 6.07) is 28.0. The summed E-state index contributed by atoms with van der Waals surface area (Å²) in [5, 5.41) is 4.64. The van der Waals surface area contributed by atoms with Gasteiger partial charge in [0, 0.05) is 38.1 Å². The Kier molecular flexibility index (Phi) is 7.17. The lowest BCUT2D eigenvalue weighted by molar-refractivity contribution is 0.0741. The molecule has 2 heterocycles. The number of amides is 1. The summed E-state index contributed by atoms with van der Waals surface area (Å²) >= 11 is 0. The number of nitrogens with zero attached hydrogens (tertiary/aromatic N) is 4. The quantitative estimate of drug-likeness (QED) is 0.371. The number of rotatable bonds is 8. The van der Waals surface area contributed by atoms with E-state index >= 15 is 0 Å². The molecule has 0 atom stereocenters. The smallest absolute Gasteiger partial charge is 0.261 e.